The van der Waals surface area contributed by atoms with Crippen molar-refractivity contribution in [1.82, 2.24) is 4.90 Å². The van der Waals surface area contributed by atoms with Gasteiger partial charge in [0.05, 0.1) is 25.9 Å². The summed E-state index contributed by atoms with van der Waals surface area (Å²) >= 11 is 3.61. The fourth-order valence-electron chi connectivity index (χ4n) is 3.04. The van der Waals surface area contributed by atoms with E-state index < -0.39 is 0 Å². The second-order valence-corrected chi connectivity index (χ2v) is 6.70. The van der Waals surface area contributed by atoms with Crippen LogP contribution < -0.4 is 4.90 Å². The molecule has 2 saturated heterocycles. The number of ether oxygens (including phenoxy) is 2. The Bertz CT molecular complexity index is 477. The summed E-state index contributed by atoms with van der Waals surface area (Å²) in [5, 5.41) is 0. The monoisotopic (exact) mass is 354 g/mol. The average molecular weight is 355 g/mol. The third-order valence-electron chi connectivity index (χ3n) is 4.12. The van der Waals surface area contributed by atoms with Crippen LogP contribution in [0.5, 0.6) is 0 Å². The molecule has 1 aromatic carbocycles. The van der Waals surface area contributed by atoms with Crippen molar-refractivity contribution in [3.05, 3.63) is 28.2 Å². The summed E-state index contributed by atoms with van der Waals surface area (Å²) in [5.41, 5.74) is 2.74. The highest BCUT2D eigenvalue weighted by atomic mass is 79.9. The lowest BCUT2D eigenvalue weighted by molar-refractivity contribution is -0.0211. The van der Waals surface area contributed by atoms with Crippen LogP contribution in [0.4, 0.5) is 5.69 Å². The van der Waals surface area contributed by atoms with Crippen LogP contribution in [0.25, 0.3) is 0 Å². The first kappa shape index (κ1) is 15.3. The van der Waals surface area contributed by atoms with Crippen LogP contribution in [0.1, 0.15) is 12.5 Å². The zero-order valence-electron chi connectivity index (χ0n) is 12.6. The van der Waals surface area contributed by atoms with Gasteiger partial charge in [-0.25, -0.2) is 0 Å². The second-order valence-electron chi connectivity index (χ2n) is 5.79. The molecule has 1 atom stereocenters. The Balaban J connectivity index is 1.77. The van der Waals surface area contributed by atoms with Crippen LogP contribution in [-0.4, -0.2) is 57.0 Å². The molecule has 0 radical (unpaired) electrons. The van der Waals surface area contributed by atoms with Gasteiger partial charge in [0.2, 0.25) is 0 Å². The van der Waals surface area contributed by atoms with Gasteiger partial charge in [0.15, 0.2) is 0 Å². The number of anilines is 1. The van der Waals surface area contributed by atoms with E-state index in [2.05, 4.69) is 50.9 Å². The van der Waals surface area contributed by atoms with Gasteiger partial charge in [0.1, 0.15) is 0 Å². The van der Waals surface area contributed by atoms with Crippen molar-refractivity contribution in [2.75, 3.05) is 50.9 Å². The highest BCUT2D eigenvalue weighted by Crippen LogP contribution is 2.27. The molecule has 0 N–H and O–H groups in total. The fraction of sp³-hybridized carbons (Fsp3) is 0.625. The Morgan fingerprint density at radius 2 is 2.00 bits per heavy atom. The summed E-state index contributed by atoms with van der Waals surface area (Å²) in [7, 11) is 0. The molecule has 2 fully saturated rings. The van der Waals surface area contributed by atoms with E-state index in [1.807, 2.05) is 0 Å². The van der Waals surface area contributed by atoms with E-state index in [1.165, 1.54) is 11.3 Å². The topological polar surface area (TPSA) is 24.9 Å². The molecule has 116 valence electrons. The van der Waals surface area contributed by atoms with Crippen molar-refractivity contribution in [3.8, 4) is 0 Å². The van der Waals surface area contributed by atoms with Crippen LogP contribution in [0.15, 0.2) is 22.7 Å². The molecule has 3 rings (SSSR count). The van der Waals surface area contributed by atoms with Crippen LogP contribution in [0.3, 0.4) is 0 Å². The summed E-state index contributed by atoms with van der Waals surface area (Å²) in [6.45, 7) is 9.60. The number of halogens is 1. The normalized spacial score (nSPS) is 24.3. The lowest BCUT2D eigenvalue weighted by atomic mass is 10.1. The number of nitrogens with zero attached hydrogens (tertiary/aromatic N) is 2. The highest BCUT2D eigenvalue weighted by Gasteiger charge is 2.20. The number of hydrogen-bond acceptors (Lipinski definition) is 4. The van der Waals surface area contributed by atoms with Gasteiger partial charge in [-0.15, -0.1) is 0 Å². The molecule has 4 nitrogen and oxygen atoms in total. The molecule has 0 aromatic heterocycles. The molecule has 0 bridgehead atoms. The molecular formula is C16H23BrN2O2. The van der Waals surface area contributed by atoms with E-state index in [0.29, 0.717) is 6.10 Å². The quantitative estimate of drug-likeness (QED) is 0.832. The molecule has 0 saturated carbocycles. The molecule has 1 aromatic rings. The van der Waals surface area contributed by atoms with E-state index in [4.69, 9.17) is 9.47 Å². The molecule has 2 aliphatic rings. The van der Waals surface area contributed by atoms with Crippen molar-refractivity contribution in [1.29, 1.82) is 0 Å². The predicted molar refractivity (Wildman–Crippen MR) is 87.9 cm³/mol. The smallest absolute Gasteiger partial charge is 0.0674 e. The molecule has 1 unspecified atom stereocenters. The molecule has 5 heteroatoms. The maximum absolute atomic E-state index is 5.64. The Morgan fingerprint density at radius 1 is 1.19 bits per heavy atom. The minimum absolute atomic E-state index is 0.334. The van der Waals surface area contributed by atoms with E-state index in [9.17, 15) is 0 Å². The summed E-state index contributed by atoms with van der Waals surface area (Å²) in [4.78, 5) is 4.93. The molecule has 2 aliphatic heterocycles. The lowest BCUT2D eigenvalue weighted by Crippen LogP contribution is -2.41. The van der Waals surface area contributed by atoms with Crippen LogP contribution in [0.2, 0.25) is 0 Å². The van der Waals surface area contributed by atoms with E-state index in [1.54, 1.807) is 0 Å². The summed E-state index contributed by atoms with van der Waals surface area (Å²) in [6, 6.07) is 6.63. The van der Waals surface area contributed by atoms with E-state index >= 15 is 0 Å². The van der Waals surface area contributed by atoms with Gasteiger partial charge in [-0.2, -0.15) is 0 Å². The Kier molecular flexibility index (Phi) is 5.16. The molecule has 0 amide bonds. The van der Waals surface area contributed by atoms with E-state index in [-0.39, 0.29) is 0 Å². The number of hydrogen-bond donors (Lipinski definition) is 0. The first-order valence-electron chi connectivity index (χ1n) is 7.67. The van der Waals surface area contributed by atoms with Crippen molar-refractivity contribution in [2.24, 2.45) is 0 Å². The first-order valence-corrected chi connectivity index (χ1v) is 8.47. The van der Waals surface area contributed by atoms with Crippen molar-refractivity contribution < 1.29 is 9.47 Å². The fourth-order valence-corrected chi connectivity index (χ4v) is 3.39. The zero-order chi connectivity index (χ0) is 14.7. The zero-order valence-corrected chi connectivity index (χ0v) is 14.1. The summed E-state index contributed by atoms with van der Waals surface area (Å²) < 4.78 is 12.3. The van der Waals surface area contributed by atoms with Crippen molar-refractivity contribution in [2.45, 2.75) is 19.6 Å². The molecule has 2 heterocycles. The Morgan fingerprint density at radius 3 is 2.76 bits per heavy atom. The lowest BCUT2D eigenvalue weighted by Gasteiger charge is -2.34. The van der Waals surface area contributed by atoms with Gasteiger partial charge in [-0.3, -0.25) is 4.90 Å². The number of morpholine rings is 2. The molecule has 0 aliphatic carbocycles. The summed E-state index contributed by atoms with van der Waals surface area (Å²) in [5.74, 6) is 0. The SMILES string of the molecule is CC1CN(Cc2ccc(Br)cc2N2CCOCC2)CCO1. The minimum atomic E-state index is 0.334. The third kappa shape index (κ3) is 3.97. The molecule has 21 heavy (non-hydrogen) atoms. The van der Waals surface area contributed by atoms with Crippen LogP contribution >= 0.6 is 15.9 Å². The Labute approximate surface area is 135 Å². The molecule has 0 spiro atoms. The van der Waals surface area contributed by atoms with Crippen LogP contribution in [0, 0.1) is 0 Å². The average Bonchev–Trinajstić information content (AvgIpc) is 2.50. The van der Waals surface area contributed by atoms with Crippen LogP contribution in [-0.2, 0) is 16.0 Å². The largest absolute Gasteiger partial charge is 0.378 e. The number of rotatable bonds is 3. The van der Waals surface area contributed by atoms with Gasteiger partial charge >= 0.3 is 0 Å². The first-order chi connectivity index (χ1) is 10.2. The Hall–Kier alpha value is -0.620. The van der Waals surface area contributed by atoms with E-state index in [0.717, 1.165) is 57.0 Å². The van der Waals surface area contributed by atoms with Gasteiger partial charge < -0.3 is 14.4 Å². The van der Waals surface area contributed by atoms with Gasteiger partial charge in [-0.1, -0.05) is 22.0 Å². The predicted octanol–water partition coefficient (Wildman–Crippen LogP) is 2.51. The van der Waals surface area contributed by atoms with Gasteiger partial charge in [-0.05, 0) is 24.6 Å². The minimum Gasteiger partial charge on any atom is -0.378 e. The highest BCUT2D eigenvalue weighted by molar-refractivity contribution is 9.10. The number of benzene rings is 1. The van der Waals surface area contributed by atoms with Crippen molar-refractivity contribution in [3.63, 3.8) is 0 Å². The summed E-state index contributed by atoms with van der Waals surface area (Å²) in [6.07, 6.45) is 0.334. The third-order valence-corrected chi connectivity index (χ3v) is 4.61. The standard InChI is InChI=1S/C16H23BrN2O2/c1-13-11-18(4-9-21-13)12-14-2-3-15(17)10-16(14)19-5-7-20-8-6-19/h2-3,10,13H,4-9,11-12H2,1H3. The van der Waals surface area contributed by atoms with Gasteiger partial charge in [0, 0.05) is 42.9 Å². The maximum Gasteiger partial charge on any atom is 0.0674 e. The second kappa shape index (κ2) is 7.09. The maximum atomic E-state index is 5.64. The van der Waals surface area contributed by atoms with Crippen molar-refractivity contribution >= 4 is 21.6 Å². The molecular weight excluding hydrogens is 332 g/mol. The van der Waals surface area contributed by atoms with Gasteiger partial charge in [0.25, 0.3) is 0 Å².